The van der Waals surface area contributed by atoms with Crippen LogP contribution in [0.3, 0.4) is 0 Å². The van der Waals surface area contributed by atoms with Gasteiger partial charge in [-0.15, -0.1) is 0 Å². The first-order chi connectivity index (χ1) is 13.8. The lowest BCUT2D eigenvalue weighted by Gasteiger charge is -2.37. The highest BCUT2D eigenvalue weighted by atomic mass is 19.1. The van der Waals surface area contributed by atoms with Gasteiger partial charge < -0.3 is 9.64 Å². The summed E-state index contributed by atoms with van der Waals surface area (Å²) in [7, 11) is 0. The molecule has 0 aliphatic carbocycles. The molecule has 2 aromatic carbocycles. The molecule has 29 heavy (non-hydrogen) atoms. The van der Waals surface area contributed by atoms with E-state index in [1.54, 1.807) is 0 Å². The molecule has 2 aromatic rings. The Balaban J connectivity index is 1.82. The zero-order valence-corrected chi connectivity index (χ0v) is 16.7. The fourth-order valence-corrected chi connectivity index (χ4v) is 3.98. The summed E-state index contributed by atoms with van der Waals surface area (Å²) in [5, 5.41) is 0. The first-order valence-electron chi connectivity index (χ1n) is 9.71. The molecule has 2 aliphatic rings. The Morgan fingerprint density at radius 3 is 2.07 bits per heavy atom. The molecule has 0 saturated carbocycles. The Hall–Kier alpha value is -2.99. The minimum atomic E-state index is -0.421. The number of morpholine rings is 1. The van der Waals surface area contributed by atoms with Crippen molar-refractivity contribution in [1.29, 1.82) is 0 Å². The Kier molecular flexibility index (Phi) is 4.96. The number of hydrogen-bond acceptors (Lipinski definition) is 4. The van der Waals surface area contributed by atoms with Gasteiger partial charge in [-0.3, -0.25) is 9.59 Å². The lowest BCUT2D eigenvalue weighted by molar-refractivity contribution is -0.121. The van der Waals surface area contributed by atoms with Crippen LogP contribution >= 0.6 is 0 Å². The number of rotatable bonds is 3. The fraction of sp³-hybridized carbons (Fsp3) is 0.304. The van der Waals surface area contributed by atoms with Gasteiger partial charge in [0.15, 0.2) is 0 Å². The first-order valence-corrected chi connectivity index (χ1v) is 9.71. The molecule has 2 aliphatic heterocycles. The van der Waals surface area contributed by atoms with Crippen LogP contribution in [0.4, 0.5) is 10.1 Å². The number of aryl methyl sites for hydroxylation is 1. The topological polar surface area (TPSA) is 49.9 Å². The second-order valence-electron chi connectivity index (χ2n) is 7.67. The number of imide groups is 1. The van der Waals surface area contributed by atoms with Gasteiger partial charge in [0.1, 0.15) is 11.5 Å². The number of hydrogen-bond donors (Lipinski definition) is 0. The summed E-state index contributed by atoms with van der Waals surface area (Å²) in [6.45, 7) is 6.91. The summed E-state index contributed by atoms with van der Waals surface area (Å²) in [5.41, 5.74) is 2.87. The normalized spacial score (nSPS) is 22.6. The van der Waals surface area contributed by atoms with Crippen molar-refractivity contribution in [3.63, 3.8) is 0 Å². The third kappa shape index (κ3) is 3.56. The molecular weight excluding hydrogens is 371 g/mol. The molecule has 6 heteroatoms. The van der Waals surface area contributed by atoms with E-state index in [1.165, 1.54) is 24.3 Å². The SMILES string of the molecule is Cc1ccc(C2=C(N3CC(C)OC(C)C3)C(=O)N(c3ccc(F)cc3)C2=O)cc1. The lowest BCUT2D eigenvalue weighted by Crippen LogP contribution is -2.47. The molecule has 150 valence electrons. The van der Waals surface area contributed by atoms with Crippen LogP contribution in [0.5, 0.6) is 0 Å². The molecule has 2 heterocycles. The van der Waals surface area contributed by atoms with E-state index in [1.807, 2.05) is 49.9 Å². The van der Waals surface area contributed by atoms with Crippen LogP contribution in [0, 0.1) is 12.7 Å². The lowest BCUT2D eigenvalue weighted by atomic mass is 10.0. The van der Waals surface area contributed by atoms with Gasteiger partial charge >= 0.3 is 0 Å². The van der Waals surface area contributed by atoms with E-state index >= 15 is 0 Å². The van der Waals surface area contributed by atoms with Crippen LogP contribution in [0.1, 0.15) is 25.0 Å². The summed E-state index contributed by atoms with van der Waals surface area (Å²) in [4.78, 5) is 29.9. The summed E-state index contributed by atoms with van der Waals surface area (Å²) >= 11 is 0. The summed E-state index contributed by atoms with van der Waals surface area (Å²) in [6, 6.07) is 13.0. The van der Waals surface area contributed by atoms with Crippen LogP contribution < -0.4 is 4.90 Å². The van der Waals surface area contributed by atoms with E-state index in [0.717, 1.165) is 10.5 Å². The van der Waals surface area contributed by atoms with Crippen LogP contribution in [-0.4, -0.2) is 42.0 Å². The second kappa shape index (κ2) is 7.44. The van der Waals surface area contributed by atoms with Crippen molar-refractivity contribution in [1.82, 2.24) is 4.90 Å². The molecule has 1 fully saturated rings. The van der Waals surface area contributed by atoms with E-state index in [0.29, 0.717) is 35.6 Å². The number of benzene rings is 2. The highest BCUT2D eigenvalue weighted by Crippen LogP contribution is 2.36. The number of amides is 2. The van der Waals surface area contributed by atoms with Gasteiger partial charge in [-0.2, -0.15) is 0 Å². The van der Waals surface area contributed by atoms with Gasteiger partial charge in [0.25, 0.3) is 11.8 Å². The van der Waals surface area contributed by atoms with Crippen molar-refractivity contribution >= 4 is 23.1 Å². The standard InChI is InChI=1S/C23H23FN2O3/c1-14-4-6-17(7-5-14)20-21(25-12-15(2)29-16(3)13-25)23(28)26(22(20)27)19-10-8-18(24)9-11-19/h4-11,15-16H,12-13H2,1-3H3. The summed E-state index contributed by atoms with van der Waals surface area (Å²) in [6.07, 6.45) is -0.124. The molecule has 0 aromatic heterocycles. The average Bonchev–Trinajstić information content (AvgIpc) is 2.93. The van der Waals surface area contributed by atoms with Crippen LogP contribution in [0.15, 0.2) is 54.2 Å². The van der Waals surface area contributed by atoms with Crippen molar-refractivity contribution in [2.24, 2.45) is 0 Å². The van der Waals surface area contributed by atoms with Gasteiger partial charge in [0, 0.05) is 13.1 Å². The minimum absolute atomic E-state index is 0.0618. The number of carbonyl (C=O) groups excluding carboxylic acids is 2. The molecule has 2 unspecified atom stereocenters. The van der Waals surface area contributed by atoms with Gasteiger partial charge in [0.2, 0.25) is 0 Å². The van der Waals surface area contributed by atoms with Crippen molar-refractivity contribution in [2.45, 2.75) is 33.0 Å². The van der Waals surface area contributed by atoms with E-state index in [9.17, 15) is 14.0 Å². The van der Waals surface area contributed by atoms with Crippen molar-refractivity contribution in [2.75, 3.05) is 18.0 Å². The Morgan fingerprint density at radius 2 is 1.48 bits per heavy atom. The molecule has 0 N–H and O–H groups in total. The molecule has 2 atom stereocenters. The van der Waals surface area contributed by atoms with E-state index in [-0.39, 0.29) is 12.2 Å². The number of halogens is 1. The van der Waals surface area contributed by atoms with Gasteiger partial charge in [-0.25, -0.2) is 9.29 Å². The van der Waals surface area contributed by atoms with E-state index < -0.39 is 17.6 Å². The third-order valence-electron chi connectivity index (χ3n) is 5.22. The highest BCUT2D eigenvalue weighted by Gasteiger charge is 2.43. The molecular formula is C23H23FN2O3. The maximum absolute atomic E-state index is 13.4. The van der Waals surface area contributed by atoms with E-state index in [2.05, 4.69) is 0 Å². The Morgan fingerprint density at radius 1 is 0.897 bits per heavy atom. The van der Waals surface area contributed by atoms with Crippen molar-refractivity contribution < 1.29 is 18.7 Å². The molecule has 1 saturated heterocycles. The quantitative estimate of drug-likeness (QED) is 0.748. The van der Waals surface area contributed by atoms with Crippen molar-refractivity contribution in [3.8, 4) is 0 Å². The summed E-state index contributed by atoms with van der Waals surface area (Å²) in [5.74, 6) is -1.21. The van der Waals surface area contributed by atoms with Crippen LogP contribution in [0.25, 0.3) is 5.57 Å². The first kappa shape index (κ1) is 19.3. The smallest absolute Gasteiger partial charge is 0.282 e. The maximum atomic E-state index is 13.4. The predicted octanol–water partition coefficient (Wildman–Crippen LogP) is 3.53. The third-order valence-corrected chi connectivity index (χ3v) is 5.22. The zero-order chi connectivity index (χ0) is 20.7. The molecule has 4 rings (SSSR count). The zero-order valence-electron chi connectivity index (χ0n) is 16.7. The Bertz CT molecular complexity index is 972. The molecule has 2 amide bonds. The number of anilines is 1. The average molecular weight is 394 g/mol. The van der Waals surface area contributed by atoms with E-state index in [4.69, 9.17) is 4.74 Å². The Labute approximate surface area is 169 Å². The molecule has 0 spiro atoms. The van der Waals surface area contributed by atoms with Gasteiger partial charge in [0.05, 0.1) is 23.5 Å². The summed E-state index contributed by atoms with van der Waals surface area (Å²) < 4.78 is 19.2. The number of ether oxygens (including phenoxy) is 1. The second-order valence-corrected chi connectivity index (χ2v) is 7.67. The molecule has 0 radical (unpaired) electrons. The fourth-order valence-electron chi connectivity index (χ4n) is 3.98. The predicted molar refractivity (Wildman–Crippen MR) is 109 cm³/mol. The molecule has 5 nitrogen and oxygen atoms in total. The largest absolute Gasteiger partial charge is 0.372 e. The van der Waals surface area contributed by atoms with Crippen LogP contribution in [-0.2, 0) is 14.3 Å². The monoisotopic (exact) mass is 394 g/mol. The number of nitrogens with zero attached hydrogens (tertiary/aromatic N) is 2. The minimum Gasteiger partial charge on any atom is -0.372 e. The van der Waals surface area contributed by atoms with Gasteiger partial charge in [-0.05, 0) is 50.6 Å². The van der Waals surface area contributed by atoms with Crippen molar-refractivity contribution in [3.05, 3.63) is 71.2 Å². The number of carbonyl (C=O) groups is 2. The highest BCUT2D eigenvalue weighted by molar-refractivity contribution is 6.45. The van der Waals surface area contributed by atoms with Gasteiger partial charge in [-0.1, -0.05) is 29.8 Å². The molecule has 0 bridgehead atoms. The van der Waals surface area contributed by atoms with Crippen LogP contribution in [0.2, 0.25) is 0 Å². The maximum Gasteiger partial charge on any atom is 0.282 e.